The highest BCUT2D eigenvalue weighted by Gasteiger charge is 2.05. The third kappa shape index (κ3) is 2.73. The second-order valence-corrected chi connectivity index (χ2v) is 3.65. The van der Waals surface area contributed by atoms with Crippen molar-refractivity contribution < 1.29 is 4.79 Å². The fourth-order valence-electron chi connectivity index (χ4n) is 1.01. The first-order valence-corrected chi connectivity index (χ1v) is 5.51. The number of hydrogen-bond donors (Lipinski definition) is 0. The van der Waals surface area contributed by atoms with E-state index in [0.29, 0.717) is 4.88 Å². The first-order chi connectivity index (χ1) is 7.29. The highest BCUT2D eigenvalue weighted by Crippen LogP contribution is 2.23. The summed E-state index contributed by atoms with van der Waals surface area (Å²) in [4.78, 5) is 15.1. The maximum Gasteiger partial charge on any atom is 0.161 e. The van der Waals surface area contributed by atoms with Crippen LogP contribution in [0.4, 0.5) is 0 Å². The summed E-state index contributed by atoms with van der Waals surface area (Å²) < 4.78 is 1.71. The van der Waals surface area contributed by atoms with Crippen molar-refractivity contribution in [2.45, 2.75) is 13.8 Å². The van der Waals surface area contributed by atoms with Crippen LogP contribution in [0.15, 0.2) is 18.6 Å². The Morgan fingerprint density at radius 2 is 2.13 bits per heavy atom. The van der Waals surface area contributed by atoms with E-state index in [1.54, 1.807) is 17.1 Å². The summed E-state index contributed by atoms with van der Waals surface area (Å²) in [6, 6.07) is 0. The Hall–Kier alpha value is -1.49. The molecule has 2 heterocycles. The number of carbonyl (C=O) groups excluding carboxylic acids is 1. The number of hydrogen-bond acceptors (Lipinski definition) is 4. The largest absolute Gasteiger partial charge is 0.297 e. The van der Waals surface area contributed by atoms with Gasteiger partial charge in [0.1, 0.15) is 5.01 Å². The van der Waals surface area contributed by atoms with Crippen molar-refractivity contribution in [3.05, 3.63) is 23.5 Å². The molecule has 0 bridgehead atoms. The van der Waals surface area contributed by atoms with Crippen LogP contribution in [0.3, 0.4) is 0 Å². The zero-order valence-electron chi connectivity index (χ0n) is 8.97. The van der Waals surface area contributed by atoms with Gasteiger partial charge in [0.15, 0.2) is 6.29 Å². The predicted octanol–water partition coefficient (Wildman–Crippen LogP) is 2.38. The zero-order valence-corrected chi connectivity index (χ0v) is 9.78. The molecule has 0 aliphatic carbocycles. The van der Waals surface area contributed by atoms with Crippen LogP contribution >= 0.6 is 11.3 Å². The van der Waals surface area contributed by atoms with E-state index in [9.17, 15) is 4.79 Å². The number of aryl methyl sites for hydroxylation is 1. The third-order valence-electron chi connectivity index (χ3n) is 1.59. The lowest BCUT2D eigenvalue weighted by atomic mass is 10.4. The van der Waals surface area contributed by atoms with Gasteiger partial charge >= 0.3 is 0 Å². The second-order valence-electron chi connectivity index (χ2n) is 2.59. The van der Waals surface area contributed by atoms with Gasteiger partial charge in [-0.3, -0.25) is 9.48 Å². The number of aromatic nitrogens is 3. The maximum atomic E-state index is 10.4. The van der Waals surface area contributed by atoms with Gasteiger partial charge in [-0.1, -0.05) is 13.8 Å². The van der Waals surface area contributed by atoms with Crippen LogP contribution in [0.2, 0.25) is 0 Å². The van der Waals surface area contributed by atoms with Gasteiger partial charge in [-0.25, -0.2) is 4.98 Å². The third-order valence-corrected chi connectivity index (χ3v) is 2.56. The molecule has 0 saturated carbocycles. The number of carbonyl (C=O) groups is 1. The highest BCUT2D eigenvalue weighted by molar-refractivity contribution is 7.16. The summed E-state index contributed by atoms with van der Waals surface area (Å²) >= 11 is 1.37. The first-order valence-electron chi connectivity index (χ1n) is 4.69. The van der Waals surface area contributed by atoms with Crippen molar-refractivity contribution in [2.24, 2.45) is 7.05 Å². The molecule has 0 aliphatic rings. The van der Waals surface area contributed by atoms with Gasteiger partial charge in [0.25, 0.3) is 0 Å². The van der Waals surface area contributed by atoms with Gasteiger partial charge in [0.2, 0.25) is 0 Å². The van der Waals surface area contributed by atoms with Gasteiger partial charge in [-0.05, 0) is 0 Å². The number of nitrogens with zero attached hydrogens (tertiary/aromatic N) is 3. The highest BCUT2D eigenvalue weighted by atomic mass is 32.1. The number of thiazole rings is 1. The van der Waals surface area contributed by atoms with Crippen molar-refractivity contribution in [1.82, 2.24) is 14.8 Å². The van der Waals surface area contributed by atoms with E-state index >= 15 is 0 Å². The van der Waals surface area contributed by atoms with Crippen LogP contribution in [0, 0.1) is 0 Å². The smallest absolute Gasteiger partial charge is 0.161 e. The molecular weight excluding hydrogens is 210 g/mol. The Bertz CT molecular complexity index is 433. The molecule has 0 N–H and O–H groups in total. The van der Waals surface area contributed by atoms with E-state index < -0.39 is 0 Å². The molecule has 5 heteroatoms. The normalized spacial score (nSPS) is 9.27. The summed E-state index contributed by atoms with van der Waals surface area (Å²) in [5.74, 6) is 0. The molecule has 0 saturated heterocycles. The molecular formula is C10H13N3OS. The van der Waals surface area contributed by atoms with Gasteiger partial charge in [0.05, 0.1) is 11.1 Å². The lowest BCUT2D eigenvalue weighted by molar-refractivity contribution is 0.112. The van der Waals surface area contributed by atoms with Crippen molar-refractivity contribution in [3.63, 3.8) is 0 Å². The van der Waals surface area contributed by atoms with E-state index in [1.807, 2.05) is 27.1 Å². The minimum Gasteiger partial charge on any atom is -0.297 e. The topological polar surface area (TPSA) is 47.8 Å². The van der Waals surface area contributed by atoms with E-state index in [1.165, 1.54) is 11.3 Å². The molecule has 0 aromatic carbocycles. The Morgan fingerprint density at radius 1 is 1.40 bits per heavy atom. The quantitative estimate of drug-likeness (QED) is 0.734. The van der Waals surface area contributed by atoms with Crippen LogP contribution in [0.1, 0.15) is 23.5 Å². The molecule has 2 aromatic rings. The number of rotatable bonds is 2. The van der Waals surface area contributed by atoms with Crippen LogP contribution < -0.4 is 0 Å². The van der Waals surface area contributed by atoms with Gasteiger partial charge in [-0.2, -0.15) is 5.10 Å². The molecule has 0 radical (unpaired) electrons. The summed E-state index contributed by atoms with van der Waals surface area (Å²) in [6.07, 6.45) is 5.97. The zero-order chi connectivity index (χ0) is 11.3. The molecule has 80 valence electrons. The minimum absolute atomic E-state index is 0.638. The molecule has 0 amide bonds. The summed E-state index contributed by atoms with van der Waals surface area (Å²) in [6.45, 7) is 4.00. The van der Waals surface area contributed by atoms with Gasteiger partial charge in [0, 0.05) is 25.0 Å². The molecule has 4 nitrogen and oxygen atoms in total. The molecule has 0 unspecified atom stereocenters. The second kappa shape index (κ2) is 5.41. The Kier molecular flexibility index (Phi) is 4.17. The molecule has 0 fully saturated rings. The van der Waals surface area contributed by atoms with Gasteiger partial charge in [-0.15, -0.1) is 11.3 Å². The Morgan fingerprint density at radius 3 is 2.60 bits per heavy atom. The Labute approximate surface area is 92.6 Å². The van der Waals surface area contributed by atoms with Gasteiger partial charge < -0.3 is 0 Å². The van der Waals surface area contributed by atoms with Crippen LogP contribution in [0.25, 0.3) is 10.6 Å². The van der Waals surface area contributed by atoms with Crippen LogP contribution in [-0.2, 0) is 7.05 Å². The summed E-state index contributed by atoms with van der Waals surface area (Å²) in [7, 11) is 1.84. The van der Waals surface area contributed by atoms with E-state index in [-0.39, 0.29) is 0 Å². The van der Waals surface area contributed by atoms with E-state index in [2.05, 4.69) is 10.1 Å². The molecule has 0 aliphatic heterocycles. The summed E-state index contributed by atoms with van der Waals surface area (Å²) in [5, 5.41) is 4.85. The number of aldehydes is 1. The average molecular weight is 223 g/mol. The predicted molar refractivity (Wildman–Crippen MR) is 61.1 cm³/mol. The lowest BCUT2D eigenvalue weighted by Crippen LogP contribution is -1.83. The summed E-state index contributed by atoms with van der Waals surface area (Å²) in [5.41, 5.74) is 0.945. The molecule has 0 atom stereocenters. The SMILES string of the molecule is CC.Cn1cc(-c2ncc(C=O)s2)cn1. The average Bonchev–Trinajstić information content (AvgIpc) is 2.88. The molecule has 2 aromatic heterocycles. The fraction of sp³-hybridized carbons (Fsp3) is 0.300. The standard InChI is InChI=1S/C8H7N3OS.C2H6/c1-11-4-6(2-10-11)8-9-3-7(5-12)13-8;1-2/h2-5H,1H3;1-2H3. The molecule has 2 rings (SSSR count). The van der Waals surface area contributed by atoms with E-state index in [4.69, 9.17) is 0 Å². The first kappa shape index (κ1) is 11.6. The maximum absolute atomic E-state index is 10.4. The van der Waals surface area contributed by atoms with E-state index in [0.717, 1.165) is 16.9 Å². The molecule has 0 spiro atoms. The monoisotopic (exact) mass is 223 g/mol. The van der Waals surface area contributed by atoms with Crippen LogP contribution in [0.5, 0.6) is 0 Å². The van der Waals surface area contributed by atoms with Crippen molar-refractivity contribution in [3.8, 4) is 10.6 Å². The fourth-order valence-corrected chi connectivity index (χ4v) is 1.71. The van der Waals surface area contributed by atoms with Crippen molar-refractivity contribution in [2.75, 3.05) is 0 Å². The van der Waals surface area contributed by atoms with Crippen LogP contribution in [-0.4, -0.2) is 21.1 Å². The van der Waals surface area contributed by atoms with Crippen molar-refractivity contribution in [1.29, 1.82) is 0 Å². The molecule has 15 heavy (non-hydrogen) atoms. The van der Waals surface area contributed by atoms with Crippen molar-refractivity contribution >= 4 is 17.6 Å². The minimum atomic E-state index is 0.638. The Balaban J connectivity index is 0.000000531. The lowest BCUT2D eigenvalue weighted by Gasteiger charge is -1.85.